The van der Waals surface area contributed by atoms with Gasteiger partial charge < -0.3 is 28.5 Å². The molecule has 2 spiro atoms. The summed E-state index contributed by atoms with van der Waals surface area (Å²) in [5.74, 6) is -1.50. The van der Waals surface area contributed by atoms with Crippen LogP contribution in [0.3, 0.4) is 0 Å². The van der Waals surface area contributed by atoms with Crippen LogP contribution in [0.5, 0.6) is 0 Å². The van der Waals surface area contributed by atoms with Gasteiger partial charge in [0.1, 0.15) is 24.4 Å². The lowest BCUT2D eigenvalue weighted by Crippen LogP contribution is -2.79. The summed E-state index contributed by atoms with van der Waals surface area (Å²) in [5, 5.41) is 13.4. The zero-order chi connectivity index (χ0) is 35.7. The second-order valence-electron chi connectivity index (χ2n) is 18.3. The highest BCUT2D eigenvalue weighted by atomic mass is 16.7. The van der Waals surface area contributed by atoms with Crippen LogP contribution in [0.2, 0.25) is 0 Å². The Balaban J connectivity index is 1.17. The summed E-state index contributed by atoms with van der Waals surface area (Å²) in [6.07, 6.45) is 11.0. The van der Waals surface area contributed by atoms with E-state index in [9.17, 15) is 14.7 Å². The van der Waals surface area contributed by atoms with E-state index in [0.29, 0.717) is 18.8 Å². The first-order chi connectivity index (χ1) is 25.1. The van der Waals surface area contributed by atoms with Gasteiger partial charge in [0.2, 0.25) is 0 Å². The Hall–Kier alpha value is -3.01. The number of hydrogen-bond donors (Lipinski definition) is 1. The Labute approximate surface area is 305 Å². The monoisotopic (exact) mass is 712 g/mol. The minimum Gasteiger partial charge on any atom is -0.472 e. The molecule has 9 heteroatoms. The van der Waals surface area contributed by atoms with Crippen molar-refractivity contribution in [3.05, 3.63) is 60.1 Å². The number of aliphatic hydroxyl groups excluding tert-OH is 1. The van der Waals surface area contributed by atoms with Gasteiger partial charge in [0.05, 0.1) is 36.6 Å². The van der Waals surface area contributed by atoms with Gasteiger partial charge in [0.15, 0.2) is 11.9 Å². The molecule has 278 valence electrons. The van der Waals surface area contributed by atoms with E-state index < -0.39 is 63.8 Å². The van der Waals surface area contributed by atoms with E-state index >= 15 is 4.79 Å². The molecular weight excluding hydrogens is 660 g/mol. The topological polar surface area (TPSA) is 125 Å². The fourth-order valence-electron chi connectivity index (χ4n) is 14.5. The molecule has 1 aromatic heterocycles. The Morgan fingerprint density at radius 1 is 0.865 bits per heavy atom. The molecule has 4 aliphatic carbocycles. The maximum Gasteiger partial charge on any atom is 0.339 e. The van der Waals surface area contributed by atoms with Gasteiger partial charge in [-0.25, -0.2) is 4.79 Å². The van der Waals surface area contributed by atoms with Crippen LogP contribution in [0.15, 0.2) is 53.3 Å². The lowest BCUT2D eigenvalue weighted by Gasteiger charge is -2.70. The van der Waals surface area contributed by atoms with E-state index in [0.717, 1.165) is 69.8 Å². The molecule has 4 aliphatic heterocycles. The fourth-order valence-corrected chi connectivity index (χ4v) is 14.5. The molecule has 8 fully saturated rings. The smallest absolute Gasteiger partial charge is 0.339 e. The predicted octanol–water partition coefficient (Wildman–Crippen LogP) is 6.70. The molecule has 1 N–H and O–H groups in total. The Kier molecular flexibility index (Phi) is 7.42. The highest BCUT2D eigenvalue weighted by Gasteiger charge is 2.93. The van der Waals surface area contributed by atoms with Gasteiger partial charge in [-0.3, -0.25) is 9.59 Å². The SMILES string of the molecule is C[C@@]12CCC3[C@@]45COC(=O)C[C@@H]4O[C@](C)(C4CCCCC4)[C@H]5C(=O)[C@@H](O)[C@@]3([C@@H]3CCC[C@@H](Cc4ccccc4)C3)[C@@]13O[C@@H]3C(=O)O[C@H]2c1ccoc1. The summed E-state index contributed by atoms with van der Waals surface area (Å²) in [4.78, 5) is 43.1. The van der Waals surface area contributed by atoms with E-state index in [1.165, 1.54) is 5.56 Å². The number of esters is 2. The molecule has 4 saturated carbocycles. The van der Waals surface area contributed by atoms with Crippen molar-refractivity contribution in [3.63, 3.8) is 0 Å². The first-order valence-electron chi connectivity index (χ1n) is 20.1. The van der Waals surface area contributed by atoms with Gasteiger partial charge in [-0.05, 0) is 87.2 Å². The molecule has 1 unspecified atom stereocenters. The first-order valence-corrected chi connectivity index (χ1v) is 20.1. The second-order valence-corrected chi connectivity index (χ2v) is 18.3. The maximum atomic E-state index is 15.7. The molecule has 0 amide bonds. The number of hydrogen-bond acceptors (Lipinski definition) is 9. The fraction of sp³-hybridized carbons (Fsp3) is 0.698. The minimum atomic E-state index is -1.38. The minimum absolute atomic E-state index is 0.0849. The van der Waals surface area contributed by atoms with Crippen LogP contribution in [0.25, 0.3) is 0 Å². The third kappa shape index (κ3) is 4.08. The highest BCUT2D eigenvalue weighted by Crippen LogP contribution is 2.83. The van der Waals surface area contributed by atoms with E-state index in [1.54, 1.807) is 12.5 Å². The van der Waals surface area contributed by atoms with E-state index in [1.807, 2.05) is 12.1 Å². The number of Topliss-reactive ketones (excluding diaryl/α,β-unsaturated/α-hetero) is 1. The van der Waals surface area contributed by atoms with Crippen LogP contribution >= 0.6 is 0 Å². The predicted molar refractivity (Wildman–Crippen MR) is 186 cm³/mol. The number of epoxide rings is 1. The van der Waals surface area contributed by atoms with E-state index in [2.05, 4.69) is 38.1 Å². The zero-order valence-electron chi connectivity index (χ0n) is 30.4. The number of ketones is 1. The van der Waals surface area contributed by atoms with Crippen molar-refractivity contribution in [2.24, 2.45) is 45.8 Å². The number of rotatable bonds is 5. The summed E-state index contributed by atoms with van der Waals surface area (Å²) in [6, 6.07) is 12.4. The summed E-state index contributed by atoms with van der Waals surface area (Å²) in [6.45, 7) is 4.33. The molecule has 1 aromatic carbocycles. The number of benzene rings is 1. The van der Waals surface area contributed by atoms with E-state index in [4.69, 9.17) is 23.4 Å². The quantitative estimate of drug-likeness (QED) is 0.267. The molecule has 8 aliphatic rings. The molecule has 13 atom stereocenters. The second kappa shape index (κ2) is 11.5. The average Bonchev–Trinajstić information content (AvgIpc) is 3.58. The number of ether oxygens (including phenoxy) is 4. The van der Waals surface area contributed by atoms with Crippen molar-refractivity contribution in [2.45, 2.75) is 133 Å². The van der Waals surface area contributed by atoms with Crippen LogP contribution in [0.4, 0.5) is 0 Å². The third-order valence-electron chi connectivity index (χ3n) is 16.3. The Morgan fingerprint density at radius 3 is 2.42 bits per heavy atom. The van der Waals surface area contributed by atoms with Crippen LogP contribution in [0.1, 0.15) is 108 Å². The average molecular weight is 713 g/mol. The summed E-state index contributed by atoms with van der Waals surface area (Å²) in [7, 11) is 0. The number of carbonyl (C=O) groups excluding carboxylic acids is 3. The van der Waals surface area contributed by atoms with Crippen LogP contribution < -0.4 is 0 Å². The maximum absolute atomic E-state index is 15.7. The normalized spacial score (nSPS) is 48.3. The molecule has 4 saturated heterocycles. The van der Waals surface area contributed by atoms with Crippen LogP contribution in [-0.2, 0) is 39.8 Å². The molecule has 5 heterocycles. The Bertz CT molecular complexity index is 1750. The van der Waals surface area contributed by atoms with Crippen molar-refractivity contribution in [1.82, 2.24) is 0 Å². The Morgan fingerprint density at radius 2 is 1.65 bits per heavy atom. The number of aliphatic hydroxyl groups is 1. The lowest BCUT2D eigenvalue weighted by atomic mass is 9.32. The number of cyclic esters (lactones) is 2. The van der Waals surface area contributed by atoms with Crippen molar-refractivity contribution in [2.75, 3.05) is 6.61 Å². The molecular formula is C43H52O9. The van der Waals surface area contributed by atoms with Crippen LogP contribution in [-0.4, -0.2) is 58.9 Å². The summed E-state index contributed by atoms with van der Waals surface area (Å²) < 4.78 is 32.1. The van der Waals surface area contributed by atoms with Crippen molar-refractivity contribution in [3.8, 4) is 0 Å². The van der Waals surface area contributed by atoms with Gasteiger partial charge in [-0.15, -0.1) is 0 Å². The molecule has 2 aromatic rings. The van der Waals surface area contributed by atoms with Crippen LogP contribution in [0, 0.1) is 45.8 Å². The molecule has 9 nitrogen and oxygen atoms in total. The van der Waals surface area contributed by atoms with Gasteiger partial charge in [-0.1, -0.05) is 69.4 Å². The van der Waals surface area contributed by atoms with Gasteiger partial charge in [0, 0.05) is 21.8 Å². The summed E-state index contributed by atoms with van der Waals surface area (Å²) in [5.41, 5.74) is -2.69. The molecule has 0 radical (unpaired) electrons. The van der Waals surface area contributed by atoms with Gasteiger partial charge in [0.25, 0.3) is 0 Å². The molecule has 10 rings (SSSR count). The van der Waals surface area contributed by atoms with Gasteiger partial charge >= 0.3 is 11.9 Å². The van der Waals surface area contributed by atoms with Gasteiger partial charge in [-0.2, -0.15) is 0 Å². The lowest BCUT2D eigenvalue weighted by molar-refractivity contribution is -0.276. The number of carbonyl (C=O) groups is 3. The zero-order valence-corrected chi connectivity index (χ0v) is 30.4. The number of furan rings is 1. The largest absolute Gasteiger partial charge is 0.472 e. The van der Waals surface area contributed by atoms with Crippen molar-refractivity contribution >= 4 is 17.7 Å². The highest BCUT2D eigenvalue weighted by molar-refractivity contribution is 5.92. The standard InChI is InChI=1S/C43H52O9/c1-39-18-16-30-41-24-49-32(44)22-31(41)51-40(2,28-13-7-4-8-14-28)34(41)33(45)35(46)42(30,29-15-9-12-26(21-29)20-25-10-5-3-6-11-25)43(39)37(52-43)38(47)50-36(39)27-17-19-48-23-27/h3,5-6,10-11,17,19,23,26,28-31,34-37,46H,4,7-9,12-16,18,20-22,24H2,1-2H3/t26-,29+,30?,31-,34+,35+,36-,37+,39-,40+,41-,42-,43-/m0/s1. The molecule has 0 bridgehead atoms. The number of fused-ring (bicyclic) bond motifs is 1. The third-order valence-corrected chi connectivity index (χ3v) is 16.3. The van der Waals surface area contributed by atoms with E-state index in [-0.39, 0.29) is 42.5 Å². The molecule has 52 heavy (non-hydrogen) atoms. The van der Waals surface area contributed by atoms with Crippen molar-refractivity contribution < 1.29 is 42.9 Å². The first kappa shape index (κ1) is 33.6. The summed E-state index contributed by atoms with van der Waals surface area (Å²) >= 11 is 0. The van der Waals surface area contributed by atoms with Crippen molar-refractivity contribution in [1.29, 1.82) is 0 Å².